The molecule has 0 saturated carbocycles. The fourth-order valence-electron chi connectivity index (χ4n) is 3.75. The molecule has 2 rings (SSSR count). The summed E-state index contributed by atoms with van der Waals surface area (Å²) in [6.07, 6.45) is 4.28. The van der Waals surface area contributed by atoms with Crippen molar-refractivity contribution < 1.29 is 14.3 Å². The van der Waals surface area contributed by atoms with Crippen molar-refractivity contribution in [3.8, 4) is 0 Å². The number of ether oxygens (including phenoxy) is 2. The second-order valence-electron chi connectivity index (χ2n) is 6.04. The molecule has 0 aromatic rings. The highest BCUT2D eigenvalue weighted by atomic mass is 16.5. The summed E-state index contributed by atoms with van der Waals surface area (Å²) < 4.78 is 11.3. The maximum absolute atomic E-state index is 11.1. The molecule has 2 aliphatic rings. The Hall–Kier alpha value is -1.09. The average Bonchev–Trinajstić information content (AvgIpc) is 2.34. The van der Waals surface area contributed by atoms with E-state index in [1.807, 2.05) is 6.08 Å². The minimum absolute atomic E-state index is 0.0733. The van der Waals surface area contributed by atoms with E-state index < -0.39 is 0 Å². The first-order chi connectivity index (χ1) is 8.92. The summed E-state index contributed by atoms with van der Waals surface area (Å²) in [5.74, 6) is 0.896. The van der Waals surface area contributed by atoms with Gasteiger partial charge in [0.15, 0.2) is 0 Å². The molecule has 0 N–H and O–H groups in total. The Morgan fingerprint density at radius 3 is 2.89 bits per heavy atom. The van der Waals surface area contributed by atoms with Gasteiger partial charge in [-0.25, -0.2) is 0 Å². The van der Waals surface area contributed by atoms with Gasteiger partial charge in [-0.2, -0.15) is 0 Å². The van der Waals surface area contributed by atoms with Crippen LogP contribution in [0.5, 0.6) is 0 Å². The van der Waals surface area contributed by atoms with Gasteiger partial charge in [0, 0.05) is 18.3 Å². The number of esters is 1. The second kappa shape index (κ2) is 5.12. The number of carbonyl (C=O) groups excluding carboxylic acids is 1. The van der Waals surface area contributed by atoms with Crippen LogP contribution in [0.3, 0.4) is 0 Å². The molecule has 0 spiro atoms. The molecule has 1 fully saturated rings. The van der Waals surface area contributed by atoms with Crippen LogP contribution in [0.15, 0.2) is 24.3 Å². The van der Waals surface area contributed by atoms with Gasteiger partial charge in [0.2, 0.25) is 0 Å². The first-order valence-electron chi connectivity index (χ1n) is 6.98. The number of allylic oxidation sites excluding steroid dienone is 1. The van der Waals surface area contributed by atoms with E-state index in [4.69, 9.17) is 9.47 Å². The van der Waals surface area contributed by atoms with Crippen molar-refractivity contribution in [3.05, 3.63) is 24.3 Å². The van der Waals surface area contributed by atoms with Crippen molar-refractivity contribution in [1.82, 2.24) is 0 Å². The summed E-state index contributed by atoms with van der Waals surface area (Å²) in [7, 11) is 0. The number of hydrogen-bond donors (Lipinski definition) is 0. The molecule has 1 aliphatic carbocycles. The van der Waals surface area contributed by atoms with Crippen LogP contribution in [-0.4, -0.2) is 25.3 Å². The summed E-state index contributed by atoms with van der Waals surface area (Å²) in [6, 6.07) is 0. The first-order valence-corrected chi connectivity index (χ1v) is 6.98. The fourth-order valence-corrected chi connectivity index (χ4v) is 3.75. The quantitative estimate of drug-likeness (QED) is 0.580. The Morgan fingerprint density at radius 2 is 2.32 bits per heavy atom. The van der Waals surface area contributed by atoms with Gasteiger partial charge in [-0.1, -0.05) is 31.6 Å². The highest BCUT2D eigenvalue weighted by Gasteiger charge is 2.53. The normalized spacial score (nSPS) is 41.4. The Morgan fingerprint density at radius 1 is 1.63 bits per heavy atom. The predicted octanol–water partition coefficient (Wildman–Crippen LogP) is 2.97. The molecular formula is C16H24O3. The van der Waals surface area contributed by atoms with E-state index >= 15 is 0 Å². The zero-order valence-electron chi connectivity index (χ0n) is 12.3. The summed E-state index contributed by atoms with van der Waals surface area (Å²) in [4.78, 5) is 11.1. The largest absolute Gasteiger partial charge is 0.465 e. The van der Waals surface area contributed by atoms with Crippen molar-refractivity contribution in [1.29, 1.82) is 0 Å². The summed E-state index contributed by atoms with van der Waals surface area (Å²) >= 11 is 0. The molecule has 1 aliphatic heterocycles. The molecule has 3 nitrogen and oxygen atoms in total. The van der Waals surface area contributed by atoms with Crippen LogP contribution in [0.2, 0.25) is 0 Å². The van der Waals surface area contributed by atoms with Crippen molar-refractivity contribution in [3.63, 3.8) is 0 Å². The van der Waals surface area contributed by atoms with Crippen LogP contribution in [0, 0.1) is 23.2 Å². The zero-order chi connectivity index (χ0) is 14.2. The average molecular weight is 264 g/mol. The lowest BCUT2D eigenvalue weighted by atomic mass is 9.56. The van der Waals surface area contributed by atoms with Gasteiger partial charge >= 0.3 is 5.97 Å². The molecule has 2 bridgehead atoms. The SMILES string of the molecule is C=C[C@@H]1OC[C@@]2(COC(C)=O)[C@H](C)C=C(C)[C@H]1[C@@H]2C. The molecule has 3 heteroatoms. The lowest BCUT2D eigenvalue weighted by molar-refractivity contribution is -0.171. The van der Waals surface area contributed by atoms with Crippen LogP contribution in [0.1, 0.15) is 27.7 Å². The Bertz CT molecular complexity index is 412. The smallest absolute Gasteiger partial charge is 0.302 e. The molecular weight excluding hydrogens is 240 g/mol. The van der Waals surface area contributed by atoms with Gasteiger partial charge in [0.05, 0.1) is 19.3 Å². The van der Waals surface area contributed by atoms with Crippen molar-refractivity contribution >= 4 is 5.97 Å². The van der Waals surface area contributed by atoms with Gasteiger partial charge in [-0.15, -0.1) is 6.58 Å². The van der Waals surface area contributed by atoms with E-state index in [9.17, 15) is 4.79 Å². The highest BCUT2D eigenvalue weighted by Crippen LogP contribution is 2.52. The third-order valence-corrected chi connectivity index (χ3v) is 5.07. The Kier molecular flexibility index (Phi) is 3.86. The van der Waals surface area contributed by atoms with Crippen molar-refractivity contribution in [2.24, 2.45) is 23.2 Å². The number of carbonyl (C=O) groups is 1. The number of fused-ring (bicyclic) bond motifs is 2. The standard InChI is InChI=1S/C16H24O3/c1-6-14-15-10(2)7-11(3)16(9-19-14,12(15)4)8-18-13(5)17/h6-7,11-12,14-15H,1,8-9H2,2-5H3/t11-,12+,14+,15+,16+/m1/s1. The van der Waals surface area contributed by atoms with Gasteiger partial charge < -0.3 is 9.47 Å². The third-order valence-electron chi connectivity index (χ3n) is 5.07. The maximum Gasteiger partial charge on any atom is 0.302 e. The third kappa shape index (κ3) is 2.25. The summed E-state index contributed by atoms with van der Waals surface area (Å²) in [5, 5.41) is 0. The molecule has 0 aromatic carbocycles. The fraction of sp³-hybridized carbons (Fsp3) is 0.688. The number of rotatable bonds is 3. The van der Waals surface area contributed by atoms with Crippen LogP contribution in [0.4, 0.5) is 0 Å². The molecule has 0 radical (unpaired) electrons. The molecule has 0 amide bonds. The van der Waals surface area contributed by atoms with E-state index in [2.05, 4.69) is 33.4 Å². The second-order valence-corrected chi connectivity index (χ2v) is 6.04. The molecule has 5 atom stereocenters. The van der Waals surface area contributed by atoms with Gasteiger partial charge in [-0.05, 0) is 18.8 Å². The van der Waals surface area contributed by atoms with Crippen LogP contribution in [0.25, 0.3) is 0 Å². The van der Waals surface area contributed by atoms with Gasteiger partial charge in [0.1, 0.15) is 0 Å². The Balaban J connectivity index is 2.33. The lowest BCUT2D eigenvalue weighted by Gasteiger charge is -2.54. The van der Waals surface area contributed by atoms with Crippen LogP contribution >= 0.6 is 0 Å². The van der Waals surface area contributed by atoms with E-state index in [0.29, 0.717) is 31.0 Å². The Labute approximate surface area is 115 Å². The topological polar surface area (TPSA) is 35.5 Å². The van der Waals surface area contributed by atoms with Crippen LogP contribution in [-0.2, 0) is 14.3 Å². The highest BCUT2D eigenvalue weighted by molar-refractivity contribution is 5.65. The van der Waals surface area contributed by atoms with E-state index in [1.54, 1.807) is 0 Å². The molecule has 1 heterocycles. The maximum atomic E-state index is 11.1. The lowest BCUT2D eigenvalue weighted by Crippen LogP contribution is -2.56. The number of hydrogen-bond acceptors (Lipinski definition) is 3. The van der Waals surface area contributed by atoms with E-state index in [1.165, 1.54) is 12.5 Å². The molecule has 106 valence electrons. The first kappa shape index (κ1) is 14.3. The van der Waals surface area contributed by atoms with Gasteiger partial charge in [-0.3, -0.25) is 4.79 Å². The minimum Gasteiger partial charge on any atom is -0.465 e. The molecule has 19 heavy (non-hydrogen) atoms. The van der Waals surface area contributed by atoms with Crippen molar-refractivity contribution in [2.45, 2.75) is 33.8 Å². The zero-order valence-corrected chi connectivity index (χ0v) is 12.3. The van der Waals surface area contributed by atoms with Crippen molar-refractivity contribution in [2.75, 3.05) is 13.2 Å². The predicted molar refractivity (Wildman–Crippen MR) is 74.6 cm³/mol. The summed E-state index contributed by atoms with van der Waals surface area (Å²) in [6.45, 7) is 13.0. The van der Waals surface area contributed by atoms with E-state index in [-0.39, 0.29) is 17.5 Å². The van der Waals surface area contributed by atoms with E-state index in [0.717, 1.165) is 0 Å². The molecule has 0 aromatic heterocycles. The monoisotopic (exact) mass is 264 g/mol. The van der Waals surface area contributed by atoms with Crippen LogP contribution < -0.4 is 0 Å². The van der Waals surface area contributed by atoms with Gasteiger partial charge in [0.25, 0.3) is 0 Å². The molecule has 1 saturated heterocycles. The summed E-state index contributed by atoms with van der Waals surface area (Å²) in [5.41, 5.74) is 1.26. The molecule has 0 unspecified atom stereocenters. The minimum atomic E-state index is -0.220.